The summed E-state index contributed by atoms with van der Waals surface area (Å²) in [6.45, 7) is 6.69. The molecule has 2 heterocycles. The summed E-state index contributed by atoms with van der Waals surface area (Å²) >= 11 is 6.36. The molecule has 0 aliphatic rings. The molecule has 2 aromatic rings. The number of aliphatic hydroxyl groups is 1. The first-order valence-electron chi connectivity index (χ1n) is 6.92. The number of aromatic nitrogens is 3. The second-order valence-corrected chi connectivity index (χ2v) is 5.18. The van der Waals surface area contributed by atoms with E-state index in [1.54, 1.807) is 0 Å². The van der Waals surface area contributed by atoms with E-state index in [9.17, 15) is 5.11 Å². The van der Waals surface area contributed by atoms with Crippen molar-refractivity contribution in [3.8, 4) is 0 Å². The minimum atomic E-state index is -0.667. The molecule has 2 rings (SSSR count). The zero-order valence-corrected chi connectivity index (χ0v) is 12.9. The summed E-state index contributed by atoms with van der Waals surface area (Å²) in [6.07, 6.45) is 0.549. The first-order chi connectivity index (χ1) is 9.56. The lowest BCUT2D eigenvalue weighted by molar-refractivity contribution is 0.170. The highest BCUT2D eigenvalue weighted by molar-refractivity contribution is 6.31. The molecule has 0 saturated heterocycles. The van der Waals surface area contributed by atoms with Gasteiger partial charge in [0.1, 0.15) is 6.10 Å². The van der Waals surface area contributed by atoms with Gasteiger partial charge < -0.3 is 5.11 Å². The summed E-state index contributed by atoms with van der Waals surface area (Å²) in [5, 5.41) is 15.5. The van der Waals surface area contributed by atoms with Crippen LogP contribution in [0.15, 0.2) is 18.2 Å². The standard InChI is InChI=1S/C15H20ClN3O/c1-4-11-15(16)13(19(5-2)18-11)9-14(20)12-8-6-7-10(3)17-12/h6-8,14,20H,4-5,9H2,1-3H3. The second kappa shape index (κ2) is 6.37. The van der Waals surface area contributed by atoms with Gasteiger partial charge in [0.05, 0.1) is 22.1 Å². The van der Waals surface area contributed by atoms with E-state index in [-0.39, 0.29) is 0 Å². The summed E-state index contributed by atoms with van der Waals surface area (Å²) < 4.78 is 1.86. The van der Waals surface area contributed by atoms with Crippen LogP contribution in [0.4, 0.5) is 0 Å². The Morgan fingerprint density at radius 1 is 1.35 bits per heavy atom. The van der Waals surface area contributed by atoms with E-state index in [2.05, 4.69) is 10.1 Å². The van der Waals surface area contributed by atoms with Crippen LogP contribution in [0.2, 0.25) is 5.02 Å². The third kappa shape index (κ3) is 3.02. The summed E-state index contributed by atoms with van der Waals surface area (Å²) in [5.74, 6) is 0. The first-order valence-corrected chi connectivity index (χ1v) is 7.30. The Kier molecular flexibility index (Phi) is 4.78. The molecule has 1 N–H and O–H groups in total. The van der Waals surface area contributed by atoms with E-state index < -0.39 is 6.10 Å². The third-order valence-corrected chi connectivity index (χ3v) is 3.77. The largest absolute Gasteiger partial charge is 0.386 e. The van der Waals surface area contributed by atoms with Crippen molar-refractivity contribution in [1.82, 2.24) is 14.8 Å². The highest BCUT2D eigenvalue weighted by atomic mass is 35.5. The van der Waals surface area contributed by atoms with Gasteiger partial charge in [-0.15, -0.1) is 0 Å². The predicted molar refractivity (Wildman–Crippen MR) is 79.9 cm³/mol. The minimum absolute atomic E-state index is 0.427. The molecule has 0 fully saturated rings. The Labute approximate surface area is 124 Å². The van der Waals surface area contributed by atoms with Gasteiger partial charge in [0.25, 0.3) is 0 Å². The van der Waals surface area contributed by atoms with Gasteiger partial charge in [-0.05, 0) is 32.4 Å². The van der Waals surface area contributed by atoms with Crippen molar-refractivity contribution >= 4 is 11.6 Å². The Hall–Kier alpha value is -1.39. The zero-order valence-electron chi connectivity index (χ0n) is 12.1. The number of halogens is 1. The van der Waals surface area contributed by atoms with E-state index in [4.69, 9.17) is 11.6 Å². The molecule has 1 unspecified atom stereocenters. The lowest BCUT2D eigenvalue weighted by atomic mass is 10.1. The molecular formula is C15H20ClN3O. The minimum Gasteiger partial charge on any atom is -0.386 e. The molecule has 0 aromatic carbocycles. The average Bonchev–Trinajstić information content (AvgIpc) is 2.75. The summed E-state index contributed by atoms with van der Waals surface area (Å²) in [6, 6.07) is 5.64. The number of nitrogens with zero attached hydrogens (tertiary/aromatic N) is 3. The molecule has 0 amide bonds. The van der Waals surface area contributed by atoms with Crippen molar-refractivity contribution in [2.75, 3.05) is 0 Å². The average molecular weight is 294 g/mol. The predicted octanol–water partition coefficient (Wildman–Crippen LogP) is 3.10. The number of rotatable bonds is 5. The van der Waals surface area contributed by atoms with Crippen molar-refractivity contribution in [2.45, 2.75) is 46.3 Å². The Morgan fingerprint density at radius 3 is 2.70 bits per heavy atom. The van der Waals surface area contributed by atoms with Gasteiger partial charge in [-0.2, -0.15) is 5.10 Å². The van der Waals surface area contributed by atoms with Gasteiger partial charge in [-0.1, -0.05) is 24.6 Å². The number of aryl methyl sites for hydroxylation is 3. The van der Waals surface area contributed by atoms with E-state index >= 15 is 0 Å². The molecule has 5 heteroatoms. The van der Waals surface area contributed by atoms with Gasteiger partial charge in [0.15, 0.2) is 0 Å². The van der Waals surface area contributed by atoms with Gasteiger partial charge in [0, 0.05) is 18.7 Å². The lowest BCUT2D eigenvalue weighted by Gasteiger charge is -2.12. The van der Waals surface area contributed by atoms with Crippen molar-refractivity contribution in [2.24, 2.45) is 0 Å². The van der Waals surface area contributed by atoms with Crippen molar-refractivity contribution < 1.29 is 5.11 Å². The first kappa shape index (κ1) is 15.0. The molecule has 0 aliphatic carbocycles. The highest BCUT2D eigenvalue weighted by Crippen LogP contribution is 2.26. The zero-order chi connectivity index (χ0) is 14.7. The van der Waals surface area contributed by atoms with Crippen LogP contribution in [0.25, 0.3) is 0 Å². The molecule has 0 aliphatic heterocycles. The van der Waals surface area contributed by atoms with E-state index in [1.807, 2.05) is 43.7 Å². The van der Waals surface area contributed by atoms with Gasteiger partial charge in [-0.3, -0.25) is 9.67 Å². The quantitative estimate of drug-likeness (QED) is 0.921. The van der Waals surface area contributed by atoms with Crippen LogP contribution in [0.5, 0.6) is 0 Å². The SMILES string of the molecule is CCc1nn(CC)c(CC(O)c2cccc(C)n2)c1Cl. The van der Waals surface area contributed by atoms with Crippen LogP contribution < -0.4 is 0 Å². The molecule has 0 bridgehead atoms. The van der Waals surface area contributed by atoms with Crippen LogP contribution in [-0.4, -0.2) is 19.9 Å². The van der Waals surface area contributed by atoms with Crippen LogP contribution in [0.1, 0.15) is 42.7 Å². The summed E-state index contributed by atoms with van der Waals surface area (Å²) in [5.41, 5.74) is 3.32. The normalized spacial score (nSPS) is 12.7. The molecule has 4 nitrogen and oxygen atoms in total. The Balaban J connectivity index is 2.27. The van der Waals surface area contributed by atoms with Crippen molar-refractivity contribution in [3.63, 3.8) is 0 Å². The van der Waals surface area contributed by atoms with Crippen LogP contribution >= 0.6 is 11.6 Å². The van der Waals surface area contributed by atoms with Crippen molar-refractivity contribution in [3.05, 3.63) is 46.0 Å². The van der Waals surface area contributed by atoms with Gasteiger partial charge in [0.2, 0.25) is 0 Å². The molecule has 0 saturated carbocycles. The third-order valence-electron chi connectivity index (χ3n) is 3.33. The number of aliphatic hydroxyl groups excluding tert-OH is 1. The summed E-state index contributed by atoms with van der Waals surface area (Å²) in [4.78, 5) is 4.36. The fourth-order valence-corrected chi connectivity index (χ4v) is 2.60. The van der Waals surface area contributed by atoms with Crippen molar-refractivity contribution in [1.29, 1.82) is 0 Å². The lowest BCUT2D eigenvalue weighted by Crippen LogP contribution is -2.10. The Bertz CT molecular complexity index is 595. The second-order valence-electron chi connectivity index (χ2n) is 4.80. The van der Waals surface area contributed by atoms with E-state index in [0.29, 0.717) is 17.1 Å². The molecule has 2 aromatic heterocycles. The molecule has 0 spiro atoms. The molecular weight excluding hydrogens is 274 g/mol. The molecule has 20 heavy (non-hydrogen) atoms. The highest BCUT2D eigenvalue weighted by Gasteiger charge is 2.19. The molecule has 108 valence electrons. The van der Waals surface area contributed by atoms with E-state index in [0.717, 1.165) is 30.0 Å². The number of pyridine rings is 1. The molecule has 1 atom stereocenters. The fraction of sp³-hybridized carbons (Fsp3) is 0.467. The van der Waals surface area contributed by atoms with Crippen LogP contribution in [0, 0.1) is 6.92 Å². The maximum atomic E-state index is 10.4. The smallest absolute Gasteiger partial charge is 0.102 e. The van der Waals surface area contributed by atoms with Gasteiger partial charge in [-0.25, -0.2) is 0 Å². The monoisotopic (exact) mass is 293 g/mol. The number of hydrogen-bond donors (Lipinski definition) is 1. The van der Waals surface area contributed by atoms with E-state index in [1.165, 1.54) is 0 Å². The summed E-state index contributed by atoms with van der Waals surface area (Å²) in [7, 11) is 0. The van der Waals surface area contributed by atoms with Crippen LogP contribution in [-0.2, 0) is 19.4 Å². The Morgan fingerprint density at radius 2 is 2.10 bits per heavy atom. The number of hydrogen-bond acceptors (Lipinski definition) is 3. The maximum absolute atomic E-state index is 10.4. The fourth-order valence-electron chi connectivity index (χ4n) is 2.25. The maximum Gasteiger partial charge on any atom is 0.102 e. The van der Waals surface area contributed by atoms with Crippen LogP contribution in [0.3, 0.4) is 0 Å². The molecule has 0 radical (unpaired) electrons. The topological polar surface area (TPSA) is 50.9 Å². The van der Waals surface area contributed by atoms with Gasteiger partial charge >= 0.3 is 0 Å².